The van der Waals surface area contributed by atoms with E-state index in [4.69, 9.17) is 11.6 Å². The van der Waals surface area contributed by atoms with E-state index in [1.807, 2.05) is 26.8 Å². The van der Waals surface area contributed by atoms with Crippen LogP contribution in [0.15, 0.2) is 22.4 Å². The lowest BCUT2D eigenvalue weighted by molar-refractivity contribution is 0.913. The fourth-order valence-corrected chi connectivity index (χ4v) is 2.26. The molecule has 88 valence electrons. The van der Waals surface area contributed by atoms with Gasteiger partial charge in [-0.3, -0.25) is 0 Å². The SMILES string of the molecule is Cc1ccnc(Sc2nc(C)c(C)nc2Cl)n1. The smallest absolute Gasteiger partial charge is 0.194 e. The van der Waals surface area contributed by atoms with Gasteiger partial charge in [-0.05, 0) is 38.6 Å². The molecule has 2 aromatic heterocycles. The van der Waals surface area contributed by atoms with Crippen molar-refractivity contribution < 1.29 is 0 Å². The van der Waals surface area contributed by atoms with E-state index in [9.17, 15) is 0 Å². The monoisotopic (exact) mass is 266 g/mol. The minimum absolute atomic E-state index is 0.392. The van der Waals surface area contributed by atoms with Crippen LogP contribution in [0.4, 0.5) is 0 Å². The second-order valence-corrected chi connectivity index (χ2v) is 4.89. The highest BCUT2D eigenvalue weighted by Gasteiger charge is 2.10. The third-order valence-electron chi connectivity index (χ3n) is 2.20. The summed E-state index contributed by atoms with van der Waals surface area (Å²) in [6.45, 7) is 5.70. The highest BCUT2D eigenvalue weighted by Crippen LogP contribution is 2.28. The molecule has 2 rings (SSSR count). The van der Waals surface area contributed by atoms with Crippen molar-refractivity contribution in [3.8, 4) is 0 Å². The first-order valence-electron chi connectivity index (χ1n) is 5.04. The van der Waals surface area contributed by atoms with Gasteiger partial charge in [0.1, 0.15) is 5.03 Å². The lowest BCUT2D eigenvalue weighted by Gasteiger charge is -2.05. The molecule has 0 amide bonds. The quantitative estimate of drug-likeness (QED) is 0.782. The van der Waals surface area contributed by atoms with Gasteiger partial charge >= 0.3 is 0 Å². The van der Waals surface area contributed by atoms with Crippen LogP contribution in [0.5, 0.6) is 0 Å². The predicted octanol–water partition coefficient (Wildman–Crippen LogP) is 3.00. The molecule has 0 atom stereocenters. The Morgan fingerprint density at radius 1 is 1.06 bits per heavy atom. The Labute approximate surface area is 109 Å². The van der Waals surface area contributed by atoms with Gasteiger partial charge in [0, 0.05) is 11.9 Å². The second-order valence-electron chi connectivity index (χ2n) is 3.57. The molecule has 0 aromatic carbocycles. The van der Waals surface area contributed by atoms with Gasteiger partial charge in [0.25, 0.3) is 0 Å². The second kappa shape index (κ2) is 4.98. The molecule has 2 aromatic rings. The van der Waals surface area contributed by atoms with Crippen molar-refractivity contribution in [2.24, 2.45) is 0 Å². The zero-order chi connectivity index (χ0) is 12.4. The fourth-order valence-electron chi connectivity index (χ4n) is 1.18. The van der Waals surface area contributed by atoms with Crippen molar-refractivity contribution in [1.82, 2.24) is 19.9 Å². The molecule has 0 fully saturated rings. The van der Waals surface area contributed by atoms with E-state index in [1.54, 1.807) is 6.20 Å². The van der Waals surface area contributed by atoms with Crippen LogP contribution in [-0.4, -0.2) is 19.9 Å². The Balaban J connectivity index is 2.33. The molecule has 0 aliphatic rings. The van der Waals surface area contributed by atoms with Crippen LogP contribution in [0.25, 0.3) is 0 Å². The first-order chi connectivity index (χ1) is 8.06. The summed E-state index contributed by atoms with van der Waals surface area (Å²) < 4.78 is 0. The maximum absolute atomic E-state index is 6.04. The van der Waals surface area contributed by atoms with Crippen LogP contribution >= 0.6 is 23.4 Å². The van der Waals surface area contributed by atoms with Crippen LogP contribution in [0.1, 0.15) is 17.1 Å². The third kappa shape index (κ3) is 2.92. The molecule has 4 nitrogen and oxygen atoms in total. The van der Waals surface area contributed by atoms with Gasteiger partial charge in [0.05, 0.1) is 11.4 Å². The number of hydrogen-bond acceptors (Lipinski definition) is 5. The van der Waals surface area contributed by atoms with Crippen LogP contribution in [0.2, 0.25) is 5.15 Å². The Bertz CT molecular complexity index is 559. The van der Waals surface area contributed by atoms with E-state index in [0.29, 0.717) is 15.3 Å². The van der Waals surface area contributed by atoms with Crippen molar-refractivity contribution in [3.05, 3.63) is 34.5 Å². The highest BCUT2D eigenvalue weighted by molar-refractivity contribution is 7.99. The highest BCUT2D eigenvalue weighted by atomic mass is 35.5. The van der Waals surface area contributed by atoms with Crippen LogP contribution < -0.4 is 0 Å². The van der Waals surface area contributed by atoms with Gasteiger partial charge in [-0.25, -0.2) is 19.9 Å². The number of hydrogen-bond donors (Lipinski definition) is 0. The van der Waals surface area contributed by atoms with Crippen LogP contribution in [0, 0.1) is 20.8 Å². The van der Waals surface area contributed by atoms with Gasteiger partial charge in [-0.2, -0.15) is 0 Å². The number of rotatable bonds is 2. The molecule has 0 saturated carbocycles. The molecule has 0 unspecified atom stereocenters. The standard InChI is InChI=1S/C11H11ClN4S/c1-6-4-5-13-11(14-6)17-10-9(12)15-7(2)8(3)16-10/h4-5H,1-3H3. The first-order valence-corrected chi connectivity index (χ1v) is 6.24. The van der Waals surface area contributed by atoms with Crippen molar-refractivity contribution in [2.75, 3.05) is 0 Å². The molecule has 0 aliphatic heterocycles. The van der Waals surface area contributed by atoms with E-state index in [-0.39, 0.29) is 0 Å². The lowest BCUT2D eigenvalue weighted by atomic mass is 10.4. The van der Waals surface area contributed by atoms with E-state index in [1.165, 1.54) is 11.8 Å². The Hall–Kier alpha value is -1.20. The maximum Gasteiger partial charge on any atom is 0.194 e. The van der Waals surface area contributed by atoms with Crippen molar-refractivity contribution in [1.29, 1.82) is 0 Å². The molecule has 17 heavy (non-hydrogen) atoms. The largest absolute Gasteiger partial charge is 0.241 e. The van der Waals surface area contributed by atoms with Gasteiger partial charge in [0.15, 0.2) is 10.3 Å². The average Bonchev–Trinajstić information content (AvgIpc) is 2.26. The minimum Gasteiger partial charge on any atom is -0.241 e. The molecule has 0 bridgehead atoms. The number of nitrogens with zero attached hydrogens (tertiary/aromatic N) is 4. The fraction of sp³-hybridized carbons (Fsp3) is 0.273. The Morgan fingerprint density at radius 2 is 1.76 bits per heavy atom. The van der Waals surface area contributed by atoms with Gasteiger partial charge in [-0.15, -0.1) is 0 Å². The van der Waals surface area contributed by atoms with E-state index in [2.05, 4.69) is 19.9 Å². The van der Waals surface area contributed by atoms with Gasteiger partial charge in [-0.1, -0.05) is 11.6 Å². The molecule has 0 aliphatic carbocycles. The summed E-state index contributed by atoms with van der Waals surface area (Å²) in [6, 6.07) is 1.84. The summed E-state index contributed by atoms with van der Waals surface area (Å²) in [5.74, 6) is 0. The maximum atomic E-state index is 6.04. The zero-order valence-electron chi connectivity index (χ0n) is 9.73. The first kappa shape index (κ1) is 12.3. The van der Waals surface area contributed by atoms with Crippen LogP contribution in [-0.2, 0) is 0 Å². The van der Waals surface area contributed by atoms with Crippen molar-refractivity contribution >= 4 is 23.4 Å². The number of halogens is 1. The average molecular weight is 267 g/mol. The summed E-state index contributed by atoms with van der Waals surface area (Å²) in [7, 11) is 0. The van der Waals surface area contributed by atoms with Gasteiger partial charge in [0.2, 0.25) is 0 Å². The molecular formula is C11H11ClN4S. The van der Waals surface area contributed by atoms with E-state index in [0.717, 1.165) is 17.1 Å². The minimum atomic E-state index is 0.392. The summed E-state index contributed by atoms with van der Waals surface area (Å²) in [5, 5.41) is 1.66. The summed E-state index contributed by atoms with van der Waals surface area (Å²) in [4.78, 5) is 17.0. The molecule has 0 radical (unpaired) electrons. The predicted molar refractivity (Wildman–Crippen MR) is 67.4 cm³/mol. The van der Waals surface area contributed by atoms with Gasteiger partial charge < -0.3 is 0 Å². The molecule has 0 saturated heterocycles. The number of aromatic nitrogens is 4. The molecule has 0 spiro atoms. The zero-order valence-corrected chi connectivity index (χ0v) is 11.3. The molecule has 6 heteroatoms. The Kier molecular flexibility index (Phi) is 3.59. The topological polar surface area (TPSA) is 51.6 Å². The van der Waals surface area contributed by atoms with E-state index < -0.39 is 0 Å². The molecular weight excluding hydrogens is 256 g/mol. The summed E-state index contributed by atoms with van der Waals surface area (Å²) in [6.07, 6.45) is 1.72. The van der Waals surface area contributed by atoms with Crippen molar-refractivity contribution in [3.63, 3.8) is 0 Å². The lowest BCUT2D eigenvalue weighted by Crippen LogP contribution is -1.96. The number of aryl methyl sites for hydroxylation is 3. The van der Waals surface area contributed by atoms with E-state index >= 15 is 0 Å². The summed E-state index contributed by atoms with van der Waals surface area (Å²) >= 11 is 7.36. The van der Waals surface area contributed by atoms with Crippen molar-refractivity contribution in [2.45, 2.75) is 31.0 Å². The van der Waals surface area contributed by atoms with Crippen LogP contribution in [0.3, 0.4) is 0 Å². The Morgan fingerprint density at radius 3 is 2.47 bits per heavy atom. The normalized spacial score (nSPS) is 10.6. The third-order valence-corrected chi connectivity index (χ3v) is 3.43. The molecule has 2 heterocycles. The summed E-state index contributed by atoms with van der Waals surface area (Å²) in [5.41, 5.74) is 2.62. The molecule has 0 N–H and O–H groups in total.